The average molecular weight is 528 g/mol. The normalized spacial score (nSPS) is 20.9. The molecule has 39 heavy (non-hydrogen) atoms. The Kier molecular flexibility index (Phi) is 6.72. The largest absolute Gasteiger partial charge is 0.481 e. The first-order valence-electron chi connectivity index (χ1n) is 14.0. The zero-order valence-electron chi connectivity index (χ0n) is 23.3. The summed E-state index contributed by atoms with van der Waals surface area (Å²) in [5.41, 5.74) is 4.95. The zero-order valence-corrected chi connectivity index (χ0v) is 23.3. The summed E-state index contributed by atoms with van der Waals surface area (Å²) >= 11 is 0. The van der Waals surface area contributed by atoms with Crippen LogP contribution in [-0.2, 0) is 16.9 Å². The fraction of sp³-hybridized carbons (Fsp3) is 0.467. The number of hydrogen-bond donors (Lipinski definition) is 1. The van der Waals surface area contributed by atoms with Gasteiger partial charge in [0.1, 0.15) is 11.4 Å². The van der Waals surface area contributed by atoms with Crippen LogP contribution < -0.4 is 15.0 Å². The number of amides is 1. The summed E-state index contributed by atoms with van der Waals surface area (Å²) in [6.07, 6.45) is 7.07. The molecular formula is C30H37N7O2. The van der Waals surface area contributed by atoms with Crippen LogP contribution in [0.4, 0.5) is 17.3 Å². The monoisotopic (exact) mass is 527 g/mol. The Hall–Kier alpha value is -3.56. The second-order valence-electron chi connectivity index (χ2n) is 11.3. The molecule has 2 fully saturated rings. The van der Waals surface area contributed by atoms with Gasteiger partial charge in [-0.05, 0) is 57.5 Å². The lowest BCUT2D eigenvalue weighted by atomic mass is 9.91. The van der Waals surface area contributed by atoms with E-state index in [1.54, 1.807) is 6.20 Å². The molecule has 0 bridgehead atoms. The maximum atomic E-state index is 12.5. The number of anilines is 3. The molecule has 1 N–H and O–H groups in total. The molecule has 1 amide bonds. The number of benzene rings is 1. The maximum Gasteiger partial charge on any atom is 0.227 e. The Bertz CT molecular complexity index is 1380. The van der Waals surface area contributed by atoms with E-state index >= 15 is 0 Å². The average Bonchev–Trinajstić information content (AvgIpc) is 3.26. The fourth-order valence-electron chi connectivity index (χ4n) is 5.91. The molecule has 9 heteroatoms. The molecule has 6 rings (SSSR count). The predicted octanol–water partition coefficient (Wildman–Crippen LogP) is 4.56. The minimum atomic E-state index is -0.665. The molecular weight excluding hydrogens is 490 g/mol. The van der Waals surface area contributed by atoms with E-state index in [4.69, 9.17) is 9.72 Å². The standard InChI is InChI=1S/C30H37N7O2/c1-5-35-10-12-36(13-11-35)19-21-14-22(17-31-16-21)33-29-32-18-25-24-8-7-23(37-20(2)6-9-27(37)38)15-26(24)39-30(3,4)28(25)34-29/h7-8,14-18,20H,5-6,9-13,19H2,1-4H3,(H,32,33,34). The molecule has 1 unspecified atom stereocenters. The first-order chi connectivity index (χ1) is 18.8. The number of fused-ring (bicyclic) bond motifs is 3. The van der Waals surface area contributed by atoms with Crippen LogP contribution in [0.15, 0.2) is 42.9 Å². The van der Waals surface area contributed by atoms with E-state index in [0.717, 1.165) is 79.6 Å². The highest BCUT2D eigenvalue weighted by Gasteiger charge is 2.36. The van der Waals surface area contributed by atoms with Gasteiger partial charge in [-0.1, -0.05) is 6.92 Å². The van der Waals surface area contributed by atoms with E-state index in [1.165, 1.54) is 5.56 Å². The third-order valence-corrected chi connectivity index (χ3v) is 8.11. The fourth-order valence-corrected chi connectivity index (χ4v) is 5.91. The number of ether oxygens (including phenoxy) is 1. The van der Waals surface area contributed by atoms with Crippen molar-refractivity contribution >= 4 is 23.2 Å². The summed E-state index contributed by atoms with van der Waals surface area (Å²) in [5.74, 6) is 1.42. The number of nitrogens with one attached hydrogen (secondary N) is 1. The SMILES string of the molecule is CCN1CCN(Cc2cncc(Nc3ncc4c(n3)C(C)(C)Oc3cc(N5C(=O)CCC5C)ccc3-4)c2)CC1. The smallest absolute Gasteiger partial charge is 0.227 e. The molecule has 9 nitrogen and oxygen atoms in total. The Morgan fingerprint density at radius 3 is 2.59 bits per heavy atom. The van der Waals surface area contributed by atoms with Gasteiger partial charge in [0.25, 0.3) is 0 Å². The van der Waals surface area contributed by atoms with Crippen LogP contribution >= 0.6 is 0 Å². The number of aromatic nitrogens is 3. The van der Waals surface area contributed by atoms with Gasteiger partial charge in [0.2, 0.25) is 11.9 Å². The summed E-state index contributed by atoms with van der Waals surface area (Å²) in [4.78, 5) is 33.3. The summed E-state index contributed by atoms with van der Waals surface area (Å²) in [6.45, 7) is 14.7. The highest BCUT2D eigenvalue weighted by Crippen LogP contribution is 2.46. The molecule has 2 saturated heterocycles. The van der Waals surface area contributed by atoms with Crippen molar-refractivity contribution < 1.29 is 9.53 Å². The molecule has 0 radical (unpaired) electrons. The van der Waals surface area contributed by atoms with Crippen LogP contribution in [0.2, 0.25) is 0 Å². The maximum absolute atomic E-state index is 12.5. The van der Waals surface area contributed by atoms with Gasteiger partial charge >= 0.3 is 0 Å². The lowest BCUT2D eigenvalue weighted by Crippen LogP contribution is -2.45. The second kappa shape index (κ2) is 10.2. The number of rotatable bonds is 6. The van der Waals surface area contributed by atoms with Crippen molar-refractivity contribution in [2.24, 2.45) is 0 Å². The van der Waals surface area contributed by atoms with Crippen molar-refractivity contribution in [1.82, 2.24) is 24.8 Å². The summed E-state index contributed by atoms with van der Waals surface area (Å²) < 4.78 is 6.46. The quantitative estimate of drug-likeness (QED) is 0.499. The molecule has 1 aromatic carbocycles. The van der Waals surface area contributed by atoms with Crippen LogP contribution in [0.1, 0.15) is 51.8 Å². The number of nitrogens with zero attached hydrogens (tertiary/aromatic N) is 6. The van der Waals surface area contributed by atoms with Gasteiger partial charge in [0.05, 0.1) is 17.6 Å². The highest BCUT2D eigenvalue weighted by molar-refractivity contribution is 5.97. The molecule has 0 aliphatic carbocycles. The Labute approximate surface area is 230 Å². The third-order valence-electron chi connectivity index (χ3n) is 8.11. The van der Waals surface area contributed by atoms with Crippen molar-refractivity contribution in [2.45, 2.75) is 58.7 Å². The van der Waals surface area contributed by atoms with E-state index in [-0.39, 0.29) is 11.9 Å². The molecule has 2 aromatic heterocycles. The zero-order chi connectivity index (χ0) is 27.1. The summed E-state index contributed by atoms with van der Waals surface area (Å²) in [6, 6.07) is 8.30. The van der Waals surface area contributed by atoms with Crippen LogP contribution in [0, 0.1) is 0 Å². The molecule has 0 spiro atoms. The van der Waals surface area contributed by atoms with E-state index in [2.05, 4.69) is 45.0 Å². The molecule has 0 saturated carbocycles. The third kappa shape index (κ3) is 5.08. The van der Waals surface area contributed by atoms with Gasteiger partial charge in [-0.25, -0.2) is 9.97 Å². The predicted molar refractivity (Wildman–Crippen MR) is 152 cm³/mol. The van der Waals surface area contributed by atoms with Crippen molar-refractivity contribution in [1.29, 1.82) is 0 Å². The number of hydrogen-bond acceptors (Lipinski definition) is 8. The van der Waals surface area contributed by atoms with Crippen molar-refractivity contribution in [2.75, 3.05) is 42.9 Å². The van der Waals surface area contributed by atoms with Crippen molar-refractivity contribution in [3.63, 3.8) is 0 Å². The van der Waals surface area contributed by atoms with Crippen LogP contribution in [0.5, 0.6) is 5.75 Å². The van der Waals surface area contributed by atoms with Gasteiger partial charge in [-0.15, -0.1) is 0 Å². The van der Waals surface area contributed by atoms with Crippen molar-refractivity contribution in [3.05, 3.63) is 54.1 Å². The van der Waals surface area contributed by atoms with Crippen LogP contribution in [-0.4, -0.2) is 69.4 Å². The van der Waals surface area contributed by atoms with Gasteiger partial charge in [-0.3, -0.25) is 14.7 Å². The van der Waals surface area contributed by atoms with Gasteiger partial charge in [0, 0.05) is 80.5 Å². The van der Waals surface area contributed by atoms with Gasteiger partial charge in [0.15, 0.2) is 0 Å². The topological polar surface area (TPSA) is 86.7 Å². The Balaban J connectivity index is 1.22. The number of likely N-dealkylation sites (N-methyl/N-ethyl adjacent to an activating group) is 1. The lowest BCUT2D eigenvalue weighted by Gasteiger charge is -2.34. The Morgan fingerprint density at radius 1 is 1.05 bits per heavy atom. The second-order valence-corrected chi connectivity index (χ2v) is 11.3. The molecule has 204 valence electrons. The van der Waals surface area contributed by atoms with E-state index in [0.29, 0.717) is 12.4 Å². The molecule has 1 atom stereocenters. The van der Waals surface area contributed by atoms with Gasteiger partial charge in [-0.2, -0.15) is 0 Å². The van der Waals surface area contributed by atoms with E-state index in [1.807, 2.05) is 49.3 Å². The number of carbonyl (C=O) groups excluding carboxylic acids is 1. The number of carbonyl (C=O) groups is 1. The van der Waals surface area contributed by atoms with Crippen LogP contribution in [0.3, 0.4) is 0 Å². The van der Waals surface area contributed by atoms with Crippen molar-refractivity contribution in [3.8, 4) is 16.9 Å². The molecule has 3 aromatic rings. The highest BCUT2D eigenvalue weighted by atomic mass is 16.5. The number of piperazine rings is 1. The first kappa shape index (κ1) is 25.7. The minimum absolute atomic E-state index is 0.162. The first-order valence-corrected chi connectivity index (χ1v) is 14.0. The van der Waals surface area contributed by atoms with E-state index < -0.39 is 5.60 Å². The summed E-state index contributed by atoms with van der Waals surface area (Å²) in [5, 5.41) is 3.35. The summed E-state index contributed by atoms with van der Waals surface area (Å²) in [7, 11) is 0. The van der Waals surface area contributed by atoms with Gasteiger partial charge < -0.3 is 19.9 Å². The lowest BCUT2D eigenvalue weighted by molar-refractivity contribution is -0.117. The van der Waals surface area contributed by atoms with E-state index in [9.17, 15) is 4.79 Å². The number of pyridine rings is 1. The molecule has 3 aliphatic rings. The van der Waals surface area contributed by atoms with Crippen LogP contribution in [0.25, 0.3) is 11.1 Å². The molecule has 5 heterocycles. The Morgan fingerprint density at radius 2 is 1.85 bits per heavy atom. The molecule has 3 aliphatic heterocycles. The minimum Gasteiger partial charge on any atom is -0.481 e.